The zero-order valence-corrected chi connectivity index (χ0v) is 14.2. The van der Waals surface area contributed by atoms with E-state index in [1.165, 1.54) is 11.3 Å². The molecular formula is C18H27N3O2. The molecule has 0 spiro atoms. The van der Waals surface area contributed by atoms with E-state index in [4.69, 9.17) is 4.74 Å². The predicted octanol–water partition coefficient (Wildman–Crippen LogP) is 2.96. The molecule has 2 aliphatic rings. The minimum absolute atomic E-state index is 0.00462. The van der Waals surface area contributed by atoms with Gasteiger partial charge in [-0.3, -0.25) is 0 Å². The number of carbonyl (C=O) groups excluding carboxylic acids is 1. The number of likely N-dealkylation sites (tertiary alicyclic amines) is 1. The van der Waals surface area contributed by atoms with Gasteiger partial charge in [0.15, 0.2) is 0 Å². The first-order chi connectivity index (χ1) is 11.2. The minimum atomic E-state index is 0.00462. The van der Waals surface area contributed by atoms with Gasteiger partial charge in [-0.05, 0) is 44.4 Å². The molecule has 5 nitrogen and oxygen atoms in total. The Bertz CT molecular complexity index is 561. The quantitative estimate of drug-likeness (QED) is 0.908. The zero-order valence-electron chi connectivity index (χ0n) is 14.2. The van der Waals surface area contributed by atoms with Crippen LogP contribution in [0.15, 0.2) is 18.2 Å². The number of nitrogens with zero attached hydrogens (tertiary/aromatic N) is 2. The number of likely N-dealkylation sites (N-methyl/N-ethyl adjacent to an activating group) is 1. The normalized spacial score (nSPS) is 20.0. The molecule has 5 heteroatoms. The van der Waals surface area contributed by atoms with Crippen molar-refractivity contribution >= 4 is 17.4 Å². The second kappa shape index (κ2) is 7.21. The molecule has 0 unspecified atom stereocenters. The summed E-state index contributed by atoms with van der Waals surface area (Å²) in [4.78, 5) is 16.7. The number of rotatable bonds is 5. The fraction of sp³-hybridized carbons (Fsp3) is 0.611. The standard InChI is InChI=1S/C18H27N3O2/c1-3-20-10-8-15-5-6-16(11-17(15)20)19-18(22)21-9-7-14(12-21)13-23-4-2/h5-6,11,14H,3-4,7-10,12-13H2,1-2H3,(H,19,22)/t14-/m1/s1. The van der Waals surface area contributed by atoms with E-state index in [9.17, 15) is 4.79 Å². The molecule has 2 heterocycles. The van der Waals surface area contributed by atoms with Gasteiger partial charge in [0.25, 0.3) is 0 Å². The summed E-state index contributed by atoms with van der Waals surface area (Å²) < 4.78 is 5.47. The number of amides is 2. The number of benzene rings is 1. The third kappa shape index (κ3) is 3.61. The van der Waals surface area contributed by atoms with Gasteiger partial charge in [-0.1, -0.05) is 6.07 Å². The molecule has 1 atom stereocenters. The topological polar surface area (TPSA) is 44.8 Å². The number of fused-ring (bicyclic) bond motifs is 1. The van der Waals surface area contributed by atoms with Crippen molar-refractivity contribution in [3.8, 4) is 0 Å². The highest BCUT2D eigenvalue weighted by Gasteiger charge is 2.26. The number of carbonyl (C=O) groups is 1. The van der Waals surface area contributed by atoms with Crippen LogP contribution in [0.25, 0.3) is 0 Å². The van der Waals surface area contributed by atoms with E-state index in [0.717, 1.165) is 57.9 Å². The maximum atomic E-state index is 12.4. The first-order valence-corrected chi connectivity index (χ1v) is 8.72. The monoisotopic (exact) mass is 317 g/mol. The Balaban J connectivity index is 1.59. The largest absolute Gasteiger partial charge is 0.381 e. The van der Waals surface area contributed by atoms with Gasteiger partial charge in [-0.15, -0.1) is 0 Å². The van der Waals surface area contributed by atoms with Gasteiger partial charge in [0.05, 0.1) is 6.61 Å². The lowest BCUT2D eigenvalue weighted by Gasteiger charge is -2.20. The van der Waals surface area contributed by atoms with Crippen molar-refractivity contribution in [2.75, 3.05) is 49.6 Å². The Morgan fingerprint density at radius 2 is 2.22 bits per heavy atom. The fourth-order valence-electron chi connectivity index (χ4n) is 3.49. The molecule has 0 aliphatic carbocycles. The molecule has 2 aliphatic heterocycles. The molecule has 0 bridgehead atoms. The van der Waals surface area contributed by atoms with Gasteiger partial charge < -0.3 is 19.9 Å². The molecule has 126 valence electrons. The van der Waals surface area contributed by atoms with Crippen LogP contribution in [0.2, 0.25) is 0 Å². The van der Waals surface area contributed by atoms with Crippen LogP contribution < -0.4 is 10.2 Å². The number of nitrogens with one attached hydrogen (secondary N) is 1. The summed E-state index contributed by atoms with van der Waals surface area (Å²) in [5.74, 6) is 0.469. The van der Waals surface area contributed by atoms with Crippen molar-refractivity contribution in [3.05, 3.63) is 23.8 Å². The van der Waals surface area contributed by atoms with Gasteiger partial charge in [0, 0.05) is 50.1 Å². The van der Waals surface area contributed by atoms with E-state index >= 15 is 0 Å². The van der Waals surface area contributed by atoms with E-state index in [1.54, 1.807) is 0 Å². The lowest BCUT2D eigenvalue weighted by Crippen LogP contribution is -2.33. The zero-order chi connectivity index (χ0) is 16.2. The second-order valence-electron chi connectivity index (χ2n) is 6.36. The molecular weight excluding hydrogens is 290 g/mol. The molecule has 23 heavy (non-hydrogen) atoms. The second-order valence-corrected chi connectivity index (χ2v) is 6.36. The molecule has 0 saturated carbocycles. The van der Waals surface area contributed by atoms with E-state index in [1.807, 2.05) is 17.9 Å². The van der Waals surface area contributed by atoms with Gasteiger partial charge >= 0.3 is 6.03 Å². The van der Waals surface area contributed by atoms with E-state index in [0.29, 0.717) is 5.92 Å². The molecule has 1 fully saturated rings. The van der Waals surface area contributed by atoms with Crippen LogP contribution in [-0.4, -0.2) is 50.3 Å². The number of ether oxygens (including phenoxy) is 1. The maximum Gasteiger partial charge on any atom is 0.321 e. The summed E-state index contributed by atoms with van der Waals surface area (Å²) in [7, 11) is 0. The van der Waals surface area contributed by atoms with E-state index < -0.39 is 0 Å². The highest BCUT2D eigenvalue weighted by Crippen LogP contribution is 2.30. The lowest BCUT2D eigenvalue weighted by molar-refractivity contribution is 0.113. The summed E-state index contributed by atoms with van der Waals surface area (Å²) in [6, 6.07) is 6.27. The molecule has 0 radical (unpaired) electrons. The third-order valence-corrected chi connectivity index (χ3v) is 4.84. The third-order valence-electron chi connectivity index (χ3n) is 4.84. The predicted molar refractivity (Wildman–Crippen MR) is 93.2 cm³/mol. The van der Waals surface area contributed by atoms with E-state index in [2.05, 4.69) is 29.3 Å². The molecule has 3 rings (SSSR count). The summed E-state index contributed by atoms with van der Waals surface area (Å²) in [6.07, 6.45) is 2.13. The molecule has 1 aromatic carbocycles. The van der Waals surface area contributed by atoms with Gasteiger partial charge in [0.2, 0.25) is 0 Å². The summed E-state index contributed by atoms with van der Waals surface area (Å²) in [5, 5.41) is 3.05. The summed E-state index contributed by atoms with van der Waals surface area (Å²) in [5.41, 5.74) is 3.53. The number of urea groups is 1. The van der Waals surface area contributed by atoms with Crippen LogP contribution in [0.3, 0.4) is 0 Å². The van der Waals surface area contributed by atoms with Crippen LogP contribution >= 0.6 is 0 Å². The number of hydrogen-bond donors (Lipinski definition) is 1. The van der Waals surface area contributed by atoms with Gasteiger partial charge in [-0.2, -0.15) is 0 Å². The Labute approximate surface area is 138 Å². The maximum absolute atomic E-state index is 12.4. The fourth-order valence-corrected chi connectivity index (χ4v) is 3.49. The highest BCUT2D eigenvalue weighted by atomic mass is 16.5. The van der Waals surface area contributed by atoms with Crippen LogP contribution in [0.5, 0.6) is 0 Å². The van der Waals surface area contributed by atoms with Crippen molar-refractivity contribution in [2.45, 2.75) is 26.7 Å². The molecule has 1 N–H and O–H groups in total. The lowest BCUT2D eigenvalue weighted by atomic mass is 10.1. The Morgan fingerprint density at radius 1 is 1.35 bits per heavy atom. The van der Waals surface area contributed by atoms with E-state index in [-0.39, 0.29) is 6.03 Å². The van der Waals surface area contributed by atoms with Crippen molar-refractivity contribution in [2.24, 2.45) is 5.92 Å². The highest BCUT2D eigenvalue weighted by molar-refractivity contribution is 5.90. The Hall–Kier alpha value is -1.75. The number of hydrogen-bond acceptors (Lipinski definition) is 3. The van der Waals surface area contributed by atoms with Crippen LogP contribution in [0, 0.1) is 5.92 Å². The summed E-state index contributed by atoms with van der Waals surface area (Å²) >= 11 is 0. The first-order valence-electron chi connectivity index (χ1n) is 8.72. The van der Waals surface area contributed by atoms with Crippen molar-refractivity contribution in [3.63, 3.8) is 0 Å². The minimum Gasteiger partial charge on any atom is -0.381 e. The van der Waals surface area contributed by atoms with Gasteiger partial charge in [0.1, 0.15) is 0 Å². The van der Waals surface area contributed by atoms with Crippen LogP contribution in [-0.2, 0) is 11.2 Å². The van der Waals surface area contributed by atoms with Crippen molar-refractivity contribution in [1.29, 1.82) is 0 Å². The smallest absolute Gasteiger partial charge is 0.321 e. The van der Waals surface area contributed by atoms with Crippen molar-refractivity contribution < 1.29 is 9.53 Å². The average Bonchev–Trinajstić information content (AvgIpc) is 3.19. The molecule has 1 aromatic rings. The van der Waals surface area contributed by atoms with Crippen LogP contribution in [0.1, 0.15) is 25.8 Å². The molecule has 1 saturated heterocycles. The van der Waals surface area contributed by atoms with Crippen LogP contribution in [0.4, 0.5) is 16.2 Å². The number of anilines is 2. The summed E-state index contributed by atoms with van der Waals surface area (Å²) in [6.45, 7) is 9.36. The SMILES string of the molecule is CCOC[C@@H]1CCN(C(=O)Nc2ccc3c(c2)N(CC)CC3)C1. The molecule has 2 amide bonds. The van der Waals surface area contributed by atoms with Crippen molar-refractivity contribution in [1.82, 2.24) is 4.90 Å². The average molecular weight is 317 g/mol. The first kappa shape index (κ1) is 16.1. The van der Waals surface area contributed by atoms with Gasteiger partial charge in [-0.25, -0.2) is 4.79 Å². The Morgan fingerprint density at radius 3 is 3.00 bits per heavy atom. The Kier molecular flexibility index (Phi) is 5.06. The molecule has 0 aromatic heterocycles.